The molecule has 0 spiro atoms. The predicted octanol–water partition coefficient (Wildman–Crippen LogP) is 2.74. The largest absolute Gasteiger partial charge is 0.463 e. The van der Waals surface area contributed by atoms with Gasteiger partial charge in [-0.3, -0.25) is 0 Å². The minimum Gasteiger partial charge on any atom is -0.463 e. The van der Waals surface area contributed by atoms with Gasteiger partial charge in [0.05, 0.1) is 17.3 Å². The van der Waals surface area contributed by atoms with E-state index >= 15 is 0 Å². The minimum atomic E-state index is -0.902. The van der Waals surface area contributed by atoms with E-state index in [0.29, 0.717) is 12.3 Å². The monoisotopic (exact) mass is 297 g/mol. The maximum Gasteiger partial charge on any atom is 0.347 e. The second kappa shape index (κ2) is 8.47. The number of ether oxygens (including phenoxy) is 2. The van der Waals surface area contributed by atoms with Gasteiger partial charge in [-0.1, -0.05) is 13.3 Å². The van der Waals surface area contributed by atoms with Gasteiger partial charge < -0.3 is 9.47 Å². The van der Waals surface area contributed by atoms with Gasteiger partial charge >= 0.3 is 11.9 Å². The molecule has 0 fully saturated rings. The smallest absolute Gasteiger partial charge is 0.347 e. The lowest BCUT2D eigenvalue weighted by Crippen LogP contribution is -2.25. The number of rotatable bonds is 7. The summed E-state index contributed by atoms with van der Waals surface area (Å²) in [7, 11) is 0. The van der Waals surface area contributed by atoms with Crippen LogP contribution in [-0.2, 0) is 19.1 Å². The average molecular weight is 297 g/mol. The van der Waals surface area contributed by atoms with E-state index in [0.717, 1.165) is 17.8 Å². The molecule has 1 aromatic rings. The third-order valence-corrected chi connectivity index (χ3v) is 3.19. The fraction of sp³-hybridized carbons (Fsp3) is 0.500. The number of carbonyl (C=O) groups excluding carboxylic acids is 2. The van der Waals surface area contributed by atoms with Gasteiger partial charge in [0.25, 0.3) is 0 Å². The van der Waals surface area contributed by atoms with Crippen LogP contribution in [-0.4, -0.2) is 29.6 Å². The van der Waals surface area contributed by atoms with Gasteiger partial charge in [-0.2, -0.15) is 0 Å². The van der Waals surface area contributed by atoms with E-state index < -0.39 is 18.0 Å². The molecule has 0 bridgehead atoms. The van der Waals surface area contributed by atoms with E-state index in [1.807, 2.05) is 19.2 Å². The molecule has 0 aliphatic carbocycles. The lowest BCUT2D eigenvalue weighted by molar-refractivity contribution is -0.163. The summed E-state index contributed by atoms with van der Waals surface area (Å²) in [6.07, 6.45) is 3.65. The van der Waals surface area contributed by atoms with Crippen LogP contribution in [0.5, 0.6) is 0 Å². The van der Waals surface area contributed by atoms with Crippen LogP contribution in [0.2, 0.25) is 0 Å². The van der Waals surface area contributed by atoms with Crippen molar-refractivity contribution < 1.29 is 19.1 Å². The molecular weight excluding hydrogens is 278 g/mol. The Balaban J connectivity index is 2.37. The highest BCUT2D eigenvalue weighted by atomic mass is 32.1. The third-order valence-electron chi connectivity index (χ3n) is 2.39. The summed E-state index contributed by atoms with van der Waals surface area (Å²) < 4.78 is 9.91. The Morgan fingerprint density at radius 3 is 2.85 bits per heavy atom. The number of esters is 2. The van der Waals surface area contributed by atoms with Crippen molar-refractivity contribution in [1.82, 2.24) is 4.98 Å². The van der Waals surface area contributed by atoms with Crippen molar-refractivity contribution in [2.75, 3.05) is 6.61 Å². The molecular formula is C14H19NO4S. The van der Waals surface area contributed by atoms with Crippen molar-refractivity contribution in [3.63, 3.8) is 0 Å². The summed E-state index contributed by atoms with van der Waals surface area (Å²) in [5.74, 6) is -1.11. The molecule has 1 heterocycles. The summed E-state index contributed by atoms with van der Waals surface area (Å²) in [5.41, 5.74) is 0.697. The first-order valence-corrected chi connectivity index (χ1v) is 7.38. The van der Waals surface area contributed by atoms with Crippen molar-refractivity contribution >= 4 is 29.4 Å². The van der Waals surface area contributed by atoms with Crippen LogP contribution in [0.4, 0.5) is 0 Å². The Hall–Kier alpha value is -1.69. The van der Waals surface area contributed by atoms with Crippen LogP contribution in [0.15, 0.2) is 11.5 Å². The fourth-order valence-electron chi connectivity index (χ4n) is 1.31. The van der Waals surface area contributed by atoms with E-state index in [1.165, 1.54) is 24.3 Å². The quantitative estimate of drug-likeness (QED) is 0.440. The zero-order valence-electron chi connectivity index (χ0n) is 11.9. The average Bonchev–Trinajstić information content (AvgIpc) is 2.82. The summed E-state index contributed by atoms with van der Waals surface area (Å²) in [6.45, 7) is 5.73. The van der Waals surface area contributed by atoms with E-state index in [-0.39, 0.29) is 0 Å². The first kappa shape index (κ1) is 16.4. The Bertz CT molecular complexity index is 481. The molecule has 1 aromatic heterocycles. The Morgan fingerprint density at radius 2 is 2.25 bits per heavy atom. The molecule has 6 heteroatoms. The van der Waals surface area contributed by atoms with Crippen molar-refractivity contribution in [1.29, 1.82) is 0 Å². The first-order valence-electron chi connectivity index (χ1n) is 6.50. The standard InChI is InChI=1S/C14H19NO4S/c1-4-5-8-18-14(17)10(2)19-13(16)7-6-12-9-20-11(3)15-12/h6-7,9-10H,4-5,8H2,1-3H3/b7-6-/t10-/m0/s1. The van der Waals surface area contributed by atoms with E-state index in [1.54, 1.807) is 6.08 Å². The SMILES string of the molecule is CCCCOC(=O)[C@H](C)OC(=O)/C=C\c1csc(C)n1. The number of aryl methyl sites for hydroxylation is 1. The molecule has 1 rings (SSSR count). The van der Waals surface area contributed by atoms with E-state index in [2.05, 4.69) is 4.98 Å². The summed E-state index contributed by atoms with van der Waals surface area (Å²) >= 11 is 1.50. The van der Waals surface area contributed by atoms with Gasteiger partial charge in [-0.05, 0) is 26.3 Å². The zero-order valence-corrected chi connectivity index (χ0v) is 12.7. The number of nitrogens with zero attached hydrogens (tertiary/aromatic N) is 1. The lowest BCUT2D eigenvalue weighted by Gasteiger charge is -2.11. The van der Waals surface area contributed by atoms with Crippen LogP contribution >= 0.6 is 11.3 Å². The van der Waals surface area contributed by atoms with Crippen LogP contribution in [0.1, 0.15) is 37.4 Å². The highest BCUT2D eigenvalue weighted by Gasteiger charge is 2.17. The van der Waals surface area contributed by atoms with Crippen LogP contribution in [0.25, 0.3) is 6.08 Å². The van der Waals surface area contributed by atoms with Crippen molar-refractivity contribution in [3.8, 4) is 0 Å². The Morgan fingerprint density at radius 1 is 1.50 bits per heavy atom. The summed E-state index contributed by atoms with van der Waals surface area (Å²) in [4.78, 5) is 27.2. The van der Waals surface area contributed by atoms with Crippen molar-refractivity contribution in [2.24, 2.45) is 0 Å². The van der Waals surface area contributed by atoms with Crippen LogP contribution in [0.3, 0.4) is 0 Å². The molecule has 5 nitrogen and oxygen atoms in total. The number of hydrogen-bond acceptors (Lipinski definition) is 6. The topological polar surface area (TPSA) is 65.5 Å². The number of thiazole rings is 1. The molecule has 20 heavy (non-hydrogen) atoms. The Labute approximate surface area is 122 Å². The third kappa shape index (κ3) is 5.97. The number of hydrogen-bond donors (Lipinski definition) is 0. The predicted molar refractivity (Wildman–Crippen MR) is 77.3 cm³/mol. The summed E-state index contributed by atoms with van der Waals surface area (Å²) in [6, 6.07) is 0. The molecule has 0 amide bonds. The van der Waals surface area contributed by atoms with Crippen molar-refractivity contribution in [3.05, 3.63) is 22.2 Å². The molecule has 0 saturated carbocycles. The minimum absolute atomic E-state index is 0.352. The van der Waals surface area contributed by atoms with Crippen molar-refractivity contribution in [2.45, 2.75) is 39.7 Å². The molecule has 0 aliphatic rings. The molecule has 0 radical (unpaired) electrons. The van der Waals surface area contributed by atoms with Gasteiger partial charge in [-0.25, -0.2) is 14.6 Å². The second-order valence-electron chi connectivity index (χ2n) is 4.22. The van der Waals surface area contributed by atoms with Gasteiger partial charge in [0.2, 0.25) is 0 Å². The highest BCUT2D eigenvalue weighted by Crippen LogP contribution is 2.09. The Kier molecular flexibility index (Phi) is 6.93. The number of unbranched alkanes of at least 4 members (excludes halogenated alkanes) is 1. The molecule has 0 N–H and O–H groups in total. The first-order chi connectivity index (χ1) is 9.52. The van der Waals surface area contributed by atoms with Crippen LogP contribution < -0.4 is 0 Å². The number of carbonyl (C=O) groups is 2. The normalized spacial score (nSPS) is 12.3. The molecule has 1 atom stereocenters. The molecule has 110 valence electrons. The summed E-state index contributed by atoms with van der Waals surface area (Å²) in [5, 5.41) is 2.76. The van der Waals surface area contributed by atoms with Crippen LogP contribution in [0, 0.1) is 6.92 Å². The van der Waals surface area contributed by atoms with E-state index in [9.17, 15) is 9.59 Å². The highest BCUT2D eigenvalue weighted by molar-refractivity contribution is 7.09. The molecule has 0 saturated heterocycles. The fourth-order valence-corrected chi connectivity index (χ4v) is 1.89. The maximum absolute atomic E-state index is 11.5. The lowest BCUT2D eigenvalue weighted by atomic mass is 10.3. The van der Waals surface area contributed by atoms with E-state index in [4.69, 9.17) is 9.47 Å². The zero-order chi connectivity index (χ0) is 15.0. The maximum atomic E-state index is 11.5. The number of aromatic nitrogens is 1. The molecule has 0 aliphatic heterocycles. The second-order valence-corrected chi connectivity index (χ2v) is 5.29. The molecule has 0 unspecified atom stereocenters. The molecule has 0 aromatic carbocycles. The van der Waals surface area contributed by atoms with Gasteiger partial charge in [0.15, 0.2) is 6.10 Å². The van der Waals surface area contributed by atoms with Gasteiger partial charge in [0, 0.05) is 11.5 Å². The van der Waals surface area contributed by atoms with Gasteiger partial charge in [0.1, 0.15) is 0 Å². The van der Waals surface area contributed by atoms with Gasteiger partial charge in [-0.15, -0.1) is 11.3 Å².